The third-order valence-corrected chi connectivity index (χ3v) is 3.25. The molecule has 0 atom stereocenters. The van der Waals surface area contributed by atoms with E-state index in [1.165, 1.54) is 0 Å². The fourth-order valence-corrected chi connectivity index (χ4v) is 2.05. The number of nitrogens with zero attached hydrogens (tertiary/aromatic N) is 3. The van der Waals surface area contributed by atoms with Gasteiger partial charge in [-0.3, -0.25) is 0 Å². The molecule has 0 aromatic carbocycles. The first-order chi connectivity index (χ1) is 8.31. The minimum Gasteiger partial charge on any atom is -0.397 e. The summed E-state index contributed by atoms with van der Waals surface area (Å²) in [6.45, 7) is 2.14. The van der Waals surface area contributed by atoms with Gasteiger partial charge in [-0.2, -0.15) is 16.7 Å². The van der Waals surface area contributed by atoms with Gasteiger partial charge in [-0.05, 0) is 24.3 Å². The van der Waals surface area contributed by atoms with Crippen LogP contribution in [0.2, 0.25) is 0 Å². The summed E-state index contributed by atoms with van der Waals surface area (Å²) in [6.07, 6.45) is 2.80. The Morgan fingerprint density at radius 1 is 1.47 bits per heavy atom. The number of aromatic nitrogens is 3. The lowest BCUT2D eigenvalue weighted by atomic mass is 10.3. The van der Waals surface area contributed by atoms with E-state index in [4.69, 9.17) is 10.3 Å². The molecule has 0 fully saturated rings. The van der Waals surface area contributed by atoms with Crippen LogP contribution in [0.4, 0.5) is 5.69 Å². The van der Waals surface area contributed by atoms with Crippen LogP contribution in [0.15, 0.2) is 22.9 Å². The summed E-state index contributed by atoms with van der Waals surface area (Å²) < 4.78 is 5.15. The Morgan fingerprint density at radius 2 is 2.35 bits per heavy atom. The molecule has 2 rings (SSSR count). The Bertz CT molecular complexity index is 486. The first-order valence-electron chi connectivity index (χ1n) is 5.42. The van der Waals surface area contributed by atoms with Gasteiger partial charge in [0.1, 0.15) is 0 Å². The second-order valence-corrected chi connectivity index (χ2v) is 4.61. The van der Waals surface area contributed by atoms with Crippen molar-refractivity contribution in [3.63, 3.8) is 0 Å². The molecule has 2 aromatic heterocycles. The van der Waals surface area contributed by atoms with Crippen LogP contribution in [0.5, 0.6) is 0 Å². The highest BCUT2D eigenvalue weighted by molar-refractivity contribution is 7.98. The van der Waals surface area contributed by atoms with E-state index in [0.717, 1.165) is 17.9 Å². The molecule has 2 heterocycles. The zero-order chi connectivity index (χ0) is 12.1. The van der Waals surface area contributed by atoms with Crippen molar-refractivity contribution in [3.8, 4) is 11.6 Å². The molecule has 0 unspecified atom stereocenters. The molecular weight excluding hydrogens is 236 g/mol. The molecule has 0 radical (unpaired) electrons. The highest BCUT2D eigenvalue weighted by Crippen LogP contribution is 2.21. The molecule has 2 aromatic rings. The number of rotatable bonds is 5. The van der Waals surface area contributed by atoms with E-state index in [9.17, 15) is 0 Å². The molecule has 0 aliphatic carbocycles. The van der Waals surface area contributed by atoms with Gasteiger partial charge in [-0.15, -0.1) is 0 Å². The molecule has 0 bridgehead atoms. The summed E-state index contributed by atoms with van der Waals surface area (Å²) in [5, 5.41) is 3.90. The monoisotopic (exact) mass is 250 g/mol. The third kappa shape index (κ3) is 2.97. The van der Waals surface area contributed by atoms with Gasteiger partial charge in [0, 0.05) is 6.20 Å². The first kappa shape index (κ1) is 11.9. The Hall–Kier alpha value is -1.56. The maximum atomic E-state index is 5.79. The SMILES string of the molecule is CCCSCc1noc(-c2ncccc2N)n1. The molecule has 0 saturated heterocycles. The van der Waals surface area contributed by atoms with Gasteiger partial charge >= 0.3 is 0 Å². The van der Waals surface area contributed by atoms with Crippen LogP contribution in [0.1, 0.15) is 19.2 Å². The van der Waals surface area contributed by atoms with E-state index >= 15 is 0 Å². The lowest BCUT2D eigenvalue weighted by molar-refractivity contribution is 0.424. The van der Waals surface area contributed by atoms with Crippen molar-refractivity contribution in [1.29, 1.82) is 0 Å². The molecule has 90 valence electrons. The fourth-order valence-electron chi connectivity index (χ4n) is 1.31. The third-order valence-electron chi connectivity index (χ3n) is 2.09. The topological polar surface area (TPSA) is 77.8 Å². The summed E-state index contributed by atoms with van der Waals surface area (Å²) in [7, 11) is 0. The molecule has 0 spiro atoms. The second-order valence-electron chi connectivity index (χ2n) is 3.51. The Kier molecular flexibility index (Phi) is 3.98. The molecule has 0 saturated carbocycles. The van der Waals surface area contributed by atoms with Gasteiger partial charge in [0.25, 0.3) is 5.89 Å². The zero-order valence-corrected chi connectivity index (χ0v) is 10.4. The van der Waals surface area contributed by atoms with Crippen LogP contribution in [-0.4, -0.2) is 20.9 Å². The molecule has 0 aliphatic rings. The average molecular weight is 250 g/mol. The van der Waals surface area contributed by atoms with Gasteiger partial charge in [-0.25, -0.2) is 4.98 Å². The number of anilines is 1. The summed E-state index contributed by atoms with van der Waals surface area (Å²) in [5.74, 6) is 2.92. The number of nitrogen functional groups attached to an aromatic ring is 1. The molecule has 0 amide bonds. The van der Waals surface area contributed by atoms with Gasteiger partial charge in [0.05, 0.1) is 11.4 Å². The molecular formula is C11H14N4OS. The van der Waals surface area contributed by atoms with Crippen LogP contribution >= 0.6 is 11.8 Å². The standard InChI is InChI=1S/C11H14N4OS/c1-2-6-17-7-9-14-11(16-15-9)10-8(12)4-3-5-13-10/h3-5H,2,6-7,12H2,1H3. The predicted octanol–water partition coefficient (Wildman–Crippen LogP) is 2.36. The van der Waals surface area contributed by atoms with E-state index in [1.54, 1.807) is 30.1 Å². The van der Waals surface area contributed by atoms with Crippen LogP contribution in [-0.2, 0) is 5.75 Å². The normalized spacial score (nSPS) is 10.6. The average Bonchev–Trinajstić information content (AvgIpc) is 2.79. The Labute approximate surface area is 104 Å². The van der Waals surface area contributed by atoms with Gasteiger partial charge < -0.3 is 10.3 Å². The maximum absolute atomic E-state index is 5.79. The van der Waals surface area contributed by atoms with E-state index < -0.39 is 0 Å². The number of hydrogen-bond acceptors (Lipinski definition) is 6. The Balaban J connectivity index is 2.10. The molecule has 2 N–H and O–H groups in total. The van der Waals surface area contributed by atoms with E-state index in [0.29, 0.717) is 23.1 Å². The van der Waals surface area contributed by atoms with Crippen molar-refractivity contribution in [1.82, 2.24) is 15.1 Å². The van der Waals surface area contributed by atoms with E-state index in [1.807, 2.05) is 0 Å². The molecule has 5 nitrogen and oxygen atoms in total. The van der Waals surface area contributed by atoms with Gasteiger partial charge in [0.15, 0.2) is 11.5 Å². The fraction of sp³-hybridized carbons (Fsp3) is 0.364. The number of thioether (sulfide) groups is 1. The van der Waals surface area contributed by atoms with Crippen molar-refractivity contribution in [2.75, 3.05) is 11.5 Å². The number of pyridine rings is 1. The highest BCUT2D eigenvalue weighted by Gasteiger charge is 2.12. The second kappa shape index (κ2) is 5.67. The minimum atomic E-state index is 0.384. The summed E-state index contributed by atoms with van der Waals surface area (Å²) in [6, 6.07) is 3.53. The maximum Gasteiger partial charge on any atom is 0.278 e. The van der Waals surface area contributed by atoms with Crippen LogP contribution < -0.4 is 5.73 Å². The van der Waals surface area contributed by atoms with Gasteiger partial charge in [0.2, 0.25) is 0 Å². The lowest BCUT2D eigenvalue weighted by Crippen LogP contribution is -1.93. The summed E-state index contributed by atoms with van der Waals surface area (Å²) >= 11 is 1.78. The minimum absolute atomic E-state index is 0.384. The highest BCUT2D eigenvalue weighted by atomic mass is 32.2. The zero-order valence-electron chi connectivity index (χ0n) is 9.59. The van der Waals surface area contributed by atoms with Crippen molar-refractivity contribution in [2.24, 2.45) is 0 Å². The Morgan fingerprint density at radius 3 is 3.12 bits per heavy atom. The number of nitrogens with two attached hydrogens (primary N) is 1. The van der Waals surface area contributed by atoms with Gasteiger partial charge in [-0.1, -0.05) is 12.1 Å². The molecule has 17 heavy (non-hydrogen) atoms. The van der Waals surface area contributed by atoms with E-state index in [-0.39, 0.29) is 0 Å². The largest absolute Gasteiger partial charge is 0.397 e. The molecule has 0 aliphatic heterocycles. The van der Waals surface area contributed by atoms with E-state index in [2.05, 4.69) is 22.0 Å². The molecule has 6 heteroatoms. The first-order valence-corrected chi connectivity index (χ1v) is 6.58. The van der Waals surface area contributed by atoms with Crippen LogP contribution in [0, 0.1) is 0 Å². The van der Waals surface area contributed by atoms with Crippen molar-refractivity contribution in [3.05, 3.63) is 24.2 Å². The summed E-state index contributed by atoms with van der Waals surface area (Å²) in [4.78, 5) is 8.40. The van der Waals surface area contributed by atoms with Crippen molar-refractivity contribution in [2.45, 2.75) is 19.1 Å². The smallest absolute Gasteiger partial charge is 0.278 e. The predicted molar refractivity (Wildman–Crippen MR) is 68.4 cm³/mol. The van der Waals surface area contributed by atoms with Crippen molar-refractivity contribution >= 4 is 17.4 Å². The number of hydrogen-bond donors (Lipinski definition) is 1. The van der Waals surface area contributed by atoms with Crippen molar-refractivity contribution < 1.29 is 4.52 Å². The quantitative estimate of drug-likeness (QED) is 0.821. The summed E-state index contributed by atoms with van der Waals surface area (Å²) in [5.41, 5.74) is 6.88. The van der Waals surface area contributed by atoms with Crippen LogP contribution in [0.3, 0.4) is 0 Å². The van der Waals surface area contributed by atoms with Crippen LogP contribution in [0.25, 0.3) is 11.6 Å². The lowest BCUT2D eigenvalue weighted by Gasteiger charge is -1.96.